The average Bonchev–Trinajstić information content (AvgIpc) is 2.75. The number of carboxylic acids is 1. The van der Waals surface area contributed by atoms with E-state index in [4.69, 9.17) is 5.11 Å². The summed E-state index contributed by atoms with van der Waals surface area (Å²) in [6, 6.07) is 2.22. The molecule has 1 fully saturated rings. The van der Waals surface area contributed by atoms with Crippen molar-refractivity contribution in [2.75, 3.05) is 0 Å². The third-order valence-corrected chi connectivity index (χ3v) is 3.85. The van der Waals surface area contributed by atoms with Crippen LogP contribution in [0.25, 0.3) is 0 Å². The van der Waals surface area contributed by atoms with Crippen molar-refractivity contribution in [1.82, 2.24) is 0 Å². The van der Waals surface area contributed by atoms with Gasteiger partial charge in [-0.05, 0) is 25.0 Å². The minimum atomic E-state index is -4.38. The van der Waals surface area contributed by atoms with Crippen molar-refractivity contribution in [1.29, 1.82) is 0 Å². The molecule has 1 aromatic heterocycles. The molecule has 1 aromatic rings. The second kappa shape index (κ2) is 2.98. The first-order valence-electron chi connectivity index (χ1n) is 4.27. The van der Waals surface area contributed by atoms with Crippen molar-refractivity contribution < 1.29 is 23.1 Å². The lowest BCUT2D eigenvalue weighted by Gasteiger charge is -2.06. The second-order valence-corrected chi connectivity index (χ2v) is 4.63. The van der Waals surface area contributed by atoms with Crippen molar-refractivity contribution in [3.05, 3.63) is 21.9 Å². The number of alkyl halides is 3. The molecule has 1 aliphatic rings. The summed E-state index contributed by atoms with van der Waals surface area (Å²) in [7, 11) is 0. The fraction of sp³-hybridized carbons (Fsp3) is 0.444. The summed E-state index contributed by atoms with van der Waals surface area (Å²) in [5, 5.41) is 8.89. The molecule has 2 nitrogen and oxygen atoms in total. The summed E-state index contributed by atoms with van der Waals surface area (Å²) >= 11 is 0.532. The van der Waals surface area contributed by atoms with Crippen LogP contribution in [0.3, 0.4) is 0 Å². The molecule has 0 atom stereocenters. The van der Waals surface area contributed by atoms with E-state index in [2.05, 4.69) is 0 Å². The largest absolute Gasteiger partial charge is 0.481 e. The Morgan fingerprint density at radius 1 is 1.40 bits per heavy atom. The van der Waals surface area contributed by atoms with E-state index in [9.17, 15) is 18.0 Å². The summed E-state index contributed by atoms with van der Waals surface area (Å²) in [5.41, 5.74) is -1.03. The first-order chi connectivity index (χ1) is 6.86. The summed E-state index contributed by atoms with van der Waals surface area (Å²) < 4.78 is 36.8. The molecule has 0 unspecified atom stereocenters. The van der Waals surface area contributed by atoms with E-state index < -0.39 is 22.4 Å². The Kier molecular flexibility index (Phi) is 2.08. The number of hydrogen-bond donors (Lipinski definition) is 1. The summed E-state index contributed by atoms with van der Waals surface area (Å²) in [6.07, 6.45) is -3.52. The quantitative estimate of drug-likeness (QED) is 0.857. The molecule has 0 amide bonds. The number of halogens is 3. The van der Waals surface area contributed by atoms with E-state index >= 15 is 0 Å². The Bertz CT molecular complexity index is 404. The number of aliphatic carboxylic acids is 1. The lowest BCUT2D eigenvalue weighted by molar-refractivity contribution is -0.140. The van der Waals surface area contributed by atoms with Crippen LogP contribution in [-0.2, 0) is 16.4 Å². The molecular weight excluding hydrogens is 229 g/mol. The predicted molar refractivity (Wildman–Crippen MR) is 47.9 cm³/mol. The highest BCUT2D eigenvalue weighted by Crippen LogP contribution is 2.52. The maximum absolute atomic E-state index is 12.3. The van der Waals surface area contributed by atoms with E-state index in [-0.39, 0.29) is 0 Å². The Morgan fingerprint density at radius 2 is 2.00 bits per heavy atom. The zero-order valence-electron chi connectivity index (χ0n) is 7.47. The van der Waals surface area contributed by atoms with Gasteiger partial charge in [0.1, 0.15) is 10.3 Å². The molecule has 2 rings (SSSR count). The van der Waals surface area contributed by atoms with E-state index in [0.29, 0.717) is 29.1 Å². The molecule has 1 heterocycles. The monoisotopic (exact) mass is 236 g/mol. The summed E-state index contributed by atoms with van der Waals surface area (Å²) in [6.45, 7) is 0. The van der Waals surface area contributed by atoms with Crippen LogP contribution >= 0.6 is 11.3 Å². The van der Waals surface area contributed by atoms with Crippen LogP contribution in [0, 0.1) is 0 Å². The van der Waals surface area contributed by atoms with Crippen LogP contribution < -0.4 is 0 Å². The number of carbonyl (C=O) groups is 1. The topological polar surface area (TPSA) is 37.3 Å². The Morgan fingerprint density at radius 3 is 2.33 bits per heavy atom. The van der Waals surface area contributed by atoms with Crippen LogP contribution in [0.4, 0.5) is 13.2 Å². The van der Waals surface area contributed by atoms with E-state index in [1.807, 2.05) is 0 Å². The molecule has 0 radical (unpaired) electrons. The highest BCUT2D eigenvalue weighted by molar-refractivity contribution is 7.12. The SMILES string of the molecule is O=C(O)C1(c2ccc(C(F)(F)F)s2)CC1. The molecule has 0 spiro atoms. The molecule has 15 heavy (non-hydrogen) atoms. The highest BCUT2D eigenvalue weighted by atomic mass is 32.1. The number of carboxylic acid groups (broad SMARTS) is 1. The normalized spacial score (nSPS) is 18.9. The van der Waals surface area contributed by atoms with Crippen molar-refractivity contribution in [3.63, 3.8) is 0 Å². The Balaban J connectivity index is 2.33. The van der Waals surface area contributed by atoms with Crippen LogP contribution in [-0.4, -0.2) is 11.1 Å². The molecule has 0 aromatic carbocycles. The smallest absolute Gasteiger partial charge is 0.425 e. The zero-order chi connectivity index (χ0) is 11.3. The molecule has 1 aliphatic carbocycles. The van der Waals surface area contributed by atoms with Gasteiger partial charge in [0.15, 0.2) is 0 Å². The first kappa shape index (κ1) is 10.5. The van der Waals surface area contributed by atoms with Gasteiger partial charge in [-0.1, -0.05) is 0 Å². The van der Waals surface area contributed by atoms with Gasteiger partial charge >= 0.3 is 12.1 Å². The number of thiophene rings is 1. The van der Waals surface area contributed by atoms with Gasteiger partial charge < -0.3 is 5.11 Å². The standard InChI is InChI=1S/C9H7F3O2S/c10-9(11,12)6-2-1-5(15-6)8(3-4-8)7(13)14/h1-2H,3-4H2,(H,13,14). The van der Waals surface area contributed by atoms with Crippen molar-refractivity contribution in [2.45, 2.75) is 24.4 Å². The van der Waals surface area contributed by atoms with Crippen molar-refractivity contribution >= 4 is 17.3 Å². The molecular formula is C9H7F3O2S. The maximum atomic E-state index is 12.3. The van der Waals surface area contributed by atoms with Crippen molar-refractivity contribution in [2.24, 2.45) is 0 Å². The third-order valence-electron chi connectivity index (χ3n) is 2.52. The van der Waals surface area contributed by atoms with Gasteiger partial charge in [0.25, 0.3) is 0 Å². The van der Waals surface area contributed by atoms with Crippen LogP contribution in [0.15, 0.2) is 12.1 Å². The maximum Gasteiger partial charge on any atom is 0.425 e. The van der Waals surface area contributed by atoms with Gasteiger partial charge in [-0.3, -0.25) is 4.79 Å². The molecule has 0 bridgehead atoms. The molecule has 82 valence electrons. The average molecular weight is 236 g/mol. The molecule has 1 saturated carbocycles. The highest BCUT2D eigenvalue weighted by Gasteiger charge is 2.53. The summed E-state index contributed by atoms with van der Waals surface area (Å²) in [4.78, 5) is 10.4. The van der Waals surface area contributed by atoms with Crippen LogP contribution in [0.1, 0.15) is 22.6 Å². The first-order valence-corrected chi connectivity index (χ1v) is 5.09. The minimum Gasteiger partial charge on any atom is -0.481 e. The fourth-order valence-corrected chi connectivity index (χ4v) is 2.55. The van der Waals surface area contributed by atoms with E-state index in [0.717, 1.165) is 6.07 Å². The van der Waals surface area contributed by atoms with Gasteiger partial charge in [0.05, 0.1) is 0 Å². The summed E-state index contributed by atoms with van der Waals surface area (Å²) in [5.74, 6) is -1.03. The molecule has 1 N–H and O–H groups in total. The van der Waals surface area contributed by atoms with Gasteiger partial charge in [0, 0.05) is 4.88 Å². The lowest BCUT2D eigenvalue weighted by Crippen LogP contribution is -2.17. The predicted octanol–water partition coefficient (Wildman–Crippen LogP) is 2.88. The van der Waals surface area contributed by atoms with Gasteiger partial charge in [-0.2, -0.15) is 13.2 Å². The molecule has 6 heteroatoms. The van der Waals surface area contributed by atoms with E-state index in [1.54, 1.807) is 0 Å². The lowest BCUT2D eigenvalue weighted by atomic mass is 10.1. The molecule has 0 aliphatic heterocycles. The van der Waals surface area contributed by atoms with Gasteiger partial charge in [-0.15, -0.1) is 11.3 Å². The zero-order valence-corrected chi connectivity index (χ0v) is 8.28. The Labute approximate surface area is 87.3 Å². The Hall–Kier alpha value is -1.04. The van der Waals surface area contributed by atoms with Gasteiger partial charge in [0.2, 0.25) is 0 Å². The minimum absolute atomic E-state index is 0.308. The van der Waals surface area contributed by atoms with E-state index in [1.165, 1.54) is 6.07 Å². The van der Waals surface area contributed by atoms with Crippen LogP contribution in [0.5, 0.6) is 0 Å². The van der Waals surface area contributed by atoms with Gasteiger partial charge in [-0.25, -0.2) is 0 Å². The second-order valence-electron chi connectivity index (χ2n) is 3.55. The van der Waals surface area contributed by atoms with Crippen molar-refractivity contribution in [3.8, 4) is 0 Å². The number of rotatable bonds is 2. The number of hydrogen-bond acceptors (Lipinski definition) is 2. The van der Waals surface area contributed by atoms with Crippen LogP contribution in [0.2, 0.25) is 0 Å². The third kappa shape index (κ3) is 1.62. The fourth-order valence-electron chi connectivity index (χ4n) is 1.44. The molecule has 0 saturated heterocycles.